The highest BCUT2D eigenvalue weighted by Gasteiger charge is 1.98. The van der Waals surface area contributed by atoms with Crippen LogP contribution in [0.5, 0.6) is 0 Å². The van der Waals surface area contributed by atoms with E-state index in [1.54, 1.807) is 7.05 Å². The summed E-state index contributed by atoms with van der Waals surface area (Å²) in [5.41, 5.74) is -0.0500. The number of aryl methyl sites for hydroxylation is 2. The van der Waals surface area contributed by atoms with Crippen LogP contribution in [0, 0.1) is 0 Å². The van der Waals surface area contributed by atoms with Crippen molar-refractivity contribution >= 4 is 15.9 Å². The summed E-state index contributed by atoms with van der Waals surface area (Å²) in [4.78, 5) is 11.1. The number of hydrogen-bond donors (Lipinski definition) is 0. The Morgan fingerprint density at radius 1 is 1.73 bits per heavy atom. The predicted octanol–water partition coefficient (Wildman–Crippen LogP) is 0.367. The molecule has 1 aromatic heterocycles. The molecule has 0 aliphatic heterocycles. The number of hydrogen-bond acceptors (Lipinski definition) is 2. The van der Waals surface area contributed by atoms with Crippen molar-refractivity contribution < 1.29 is 0 Å². The highest BCUT2D eigenvalue weighted by atomic mass is 79.9. The predicted molar refractivity (Wildman–Crippen MR) is 45.9 cm³/mol. The summed E-state index contributed by atoms with van der Waals surface area (Å²) < 4.78 is 2.93. The summed E-state index contributed by atoms with van der Waals surface area (Å²) >= 11 is 3.29. The van der Waals surface area contributed by atoms with Crippen LogP contribution in [0.1, 0.15) is 6.42 Å². The first kappa shape index (κ1) is 8.52. The van der Waals surface area contributed by atoms with E-state index in [2.05, 4.69) is 21.0 Å². The second-order valence-corrected chi connectivity index (χ2v) is 3.08. The number of alkyl halides is 1. The van der Waals surface area contributed by atoms with E-state index in [1.165, 1.54) is 15.6 Å². The molecule has 0 aliphatic carbocycles. The maximum atomic E-state index is 11.1. The molecule has 1 heterocycles. The van der Waals surface area contributed by atoms with Crippen LogP contribution < -0.4 is 5.69 Å². The highest BCUT2D eigenvalue weighted by Crippen LogP contribution is 1.89. The minimum absolute atomic E-state index is 0.0500. The van der Waals surface area contributed by atoms with Gasteiger partial charge >= 0.3 is 5.69 Å². The molecule has 0 saturated carbocycles. The fourth-order valence-electron chi connectivity index (χ4n) is 0.784. The van der Waals surface area contributed by atoms with Crippen LogP contribution in [0.3, 0.4) is 0 Å². The van der Waals surface area contributed by atoms with Gasteiger partial charge in [-0.15, -0.1) is 0 Å². The molecule has 62 valence electrons. The molecule has 0 radical (unpaired) electrons. The molecule has 4 nitrogen and oxygen atoms in total. The summed E-state index contributed by atoms with van der Waals surface area (Å²) in [5, 5.41) is 4.80. The molecular formula is C6H10BrN3O. The van der Waals surface area contributed by atoms with Crippen molar-refractivity contribution in [1.82, 2.24) is 14.3 Å². The van der Waals surface area contributed by atoms with Crippen molar-refractivity contribution in [2.75, 3.05) is 5.33 Å². The summed E-state index contributed by atoms with van der Waals surface area (Å²) in [7, 11) is 1.69. The first-order valence-corrected chi connectivity index (χ1v) is 4.52. The van der Waals surface area contributed by atoms with Gasteiger partial charge in [0, 0.05) is 18.9 Å². The maximum absolute atomic E-state index is 11.1. The van der Waals surface area contributed by atoms with Crippen LogP contribution >= 0.6 is 15.9 Å². The van der Waals surface area contributed by atoms with Crippen LogP contribution in [0.15, 0.2) is 11.1 Å². The molecular weight excluding hydrogens is 210 g/mol. The third-order valence-corrected chi connectivity index (χ3v) is 1.95. The monoisotopic (exact) mass is 219 g/mol. The van der Waals surface area contributed by atoms with E-state index in [1.807, 2.05) is 0 Å². The molecule has 0 bridgehead atoms. The Morgan fingerprint density at radius 2 is 2.45 bits per heavy atom. The number of nitrogens with zero attached hydrogens (tertiary/aromatic N) is 3. The van der Waals surface area contributed by atoms with Crippen molar-refractivity contribution in [3.63, 3.8) is 0 Å². The average Bonchev–Trinajstić information content (AvgIpc) is 2.31. The smallest absolute Gasteiger partial charge is 0.285 e. The molecule has 11 heavy (non-hydrogen) atoms. The van der Waals surface area contributed by atoms with Crippen molar-refractivity contribution in [2.24, 2.45) is 7.05 Å². The third kappa shape index (κ3) is 1.92. The van der Waals surface area contributed by atoms with E-state index in [9.17, 15) is 4.79 Å². The largest absolute Gasteiger partial charge is 0.345 e. The van der Waals surface area contributed by atoms with Crippen LogP contribution in [0.25, 0.3) is 0 Å². The van der Waals surface area contributed by atoms with Gasteiger partial charge in [0.25, 0.3) is 0 Å². The minimum Gasteiger partial charge on any atom is -0.285 e. The van der Waals surface area contributed by atoms with Gasteiger partial charge < -0.3 is 0 Å². The molecule has 1 rings (SSSR count). The fourth-order valence-corrected chi connectivity index (χ4v) is 1.03. The molecule has 0 spiro atoms. The van der Waals surface area contributed by atoms with E-state index in [0.717, 1.165) is 11.8 Å². The lowest BCUT2D eigenvalue weighted by Gasteiger charge is -1.94. The Kier molecular flexibility index (Phi) is 2.87. The Hall–Kier alpha value is -0.580. The molecule has 5 heteroatoms. The second kappa shape index (κ2) is 3.71. The molecule has 0 N–H and O–H groups in total. The normalized spacial score (nSPS) is 10.4. The second-order valence-electron chi connectivity index (χ2n) is 2.29. The minimum atomic E-state index is -0.0500. The van der Waals surface area contributed by atoms with Crippen molar-refractivity contribution in [2.45, 2.75) is 13.0 Å². The van der Waals surface area contributed by atoms with E-state index < -0.39 is 0 Å². The van der Waals surface area contributed by atoms with Gasteiger partial charge in [-0.2, -0.15) is 5.10 Å². The molecule has 0 atom stereocenters. The zero-order chi connectivity index (χ0) is 8.27. The lowest BCUT2D eigenvalue weighted by atomic mass is 10.5. The zero-order valence-electron chi connectivity index (χ0n) is 6.33. The van der Waals surface area contributed by atoms with E-state index >= 15 is 0 Å². The summed E-state index contributed by atoms with van der Waals surface area (Å²) in [6.07, 6.45) is 2.45. The van der Waals surface area contributed by atoms with Crippen LogP contribution in [0.2, 0.25) is 0 Å². The summed E-state index contributed by atoms with van der Waals surface area (Å²) in [6.45, 7) is 0.685. The van der Waals surface area contributed by atoms with Gasteiger partial charge in [-0.25, -0.2) is 9.48 Å². The first-order chi connectivity index (χ1) is 5.25. The van der Waals surface area contributed by atoms with Crippen LogP contribution in [0.4, 0.5) is 0 Å². The number of aromatic nitrogens is 3. The Morgan fingerprint density at radius 3 is 2.91 bits per heavy atom. The molecule has 0 aromatic carbocycles. The van der Waals surface area contributed by atoms with Gasteiger partial charge in [0.05, 0.1) is 0 Å². The SMILES string of the molecule is Cn1cnn(CCCBr)c1=O. The molecule has 0 fully saturated rings. The van der Waals surface area contributed by atoms with Gasteiger partial charge in [-0.05, 0) is 6.42 Å². The fraction of sp³-hybridized carbons (Fsp3) is 0.667. The molecule has 1 aromatic rings. The Balaban J connectivity index is 2.71. The Bertz CT molecular complexity index is 278. The third-order valence-electron chi connectivity index (χ3n) is 1.39. The topological polar surface area (TPSA) is 39.8 Å². The number of halogens is 1. The van der Waals surface area contributed by atoms with Gasteiger partial charge in [-0.3, -0.25) is 4.57 Å². The van der Waals surface area contributed by atoms with Gasteiger partial charge in [-0.1, -0.05) is 15.9 Å². The molecule has 0 aliphatic rings. The average molecular weight is 220 g/mol. The van der Waals surface area contributed by atoms with Crippen molar-refractivity contribution in [3.8, 4) is 0 Å². The lowest BCUT2D eigenvalue weighted by molar-refractivity contribution is 0.578. The van der Waals surface area contributed by atoms with Crippen LogP contribution in [-0.2, 0) is 13.6 Å². The van der Waals surface area contributed by atoms with Gasteiger partial charge in [0.15, 0.2) is 0 Å². The Labute approximate surface area is 73.0 Å². The molecule has 0 unspecified atom stereocenters. The number of rotatable bonds is 3. The zero-order valence-corrected chi connectivity index (χ0v) is 7.91. The van der Waals surface area contributed by atoms with E-state index in [0.29, 0.717) is 6.54 Å². The summed E-state index contributed by atoms with van der Waals surface area (Å²) in [5.74, 6) is 0. The maximum Gasteiger partial charge on any atom is 0.345 e. The van der Waals surface area contributed by atoms with E-state index in [4.69, 9.17) is 0 Å². The highest BCUT2D eigenvalue weighted by molar-refractivity contribution is 9.09. The lowest BCUT2D eigenvalue weighted by Crippen LogP contribution is -2.23. The standard InChI is InChI=1S/C6H10BrN3O/c1-9-5-8-10(6(9)11)4-2-3-7/h5H,2-4H2,1H3. The van der Waals surface area contributed by atoms with Gasteiger partial charge in [0.2, 0.25) is 0 Å². The summed E-state index contributed by atoms with van der Waals surface area (Å²) in [6, 6.07) is 0. The van der Waals surface area contributed by atoms with Crippen molar-refractivity contribution in [3.05, 3.63) is 16.8 Å². The van der Waals surface area contributed by atoms with Gasteiger partial charge in [0.1, 0.15) is 6.33 Å². The van der Waals surface area contributed by atoms with Crippen LogP contribution in [-0.4, -0.2) is 19.7 Å². The van der Waals surface area contributed by atoms with E-state index in [-0.39, 0.29) is 5.69 Å². The van der Waals surface area contributed by atoms with Crippen molar-refractivity contribution in [1.29, 1.82) is 0 Å². The molecule has 0 saturated heterocycles. The first-order valence-electron chi connectivity index (χ1n) is 3.40. The molecule has 0 amide bonds. The quantitative estimate of drug-likeness (QED) is 0.690.